The molecule has 0 unspecified atom stereocenters. The third-order valence-corrected chi connectivity index (χ3v) is 4.75. The van der Waals surface area contributed by atoms with Crippen LogP contribution in [0.15, 0.2) is 18.2 Å². The lowest BCUT2D eigenvalue weighted by Crippen LogP contribution is -2.32. The first-order valence-corrected chi connectivity index (χ1v) is 7.18. The Bertz CT molecular complexity index is 467. The SMILES string of the molecule is Cl.O=C(c1c(F)cccc1I)N1C[C@H]2CNC[C@H]2C1. The number of amides is 1. The second-order valence-electron chi connectivity index (χ2n) is 4.99. The third-order valence-electron chi connectivity index (χ3n) is 3.85. The average Bonchev–Trinajstić information content (AvgIpc) is 2.88. The van der Waals surface area contributed by atoms with Crippen molar-refractivity contribution in [2.75, 3.05) is 26.2 Å². The van der Waals surface area contributed by atoms with Gasteiger partial charge in [0.2, 0.25) is 0 Å². The quantitative estimate of drug-likeness (QED) is 0.738. The molecule has 2 aliphatic rings. The van der Waals surface area contributed by atoms with Gasteiger partial charge in [-0.25, -0.2) is 4.39 Å². The minimum absolute atomic E-state index is 0. The Balaban J connectivity index is 0.00000133. The van der Waals surface area contributed by atoms with Gasteiger partial charge in [-0.2, -0.15) is 0 Å². The maximum absolute atomic E-state index is 13.8. The number of carbonyl (C=O) groups excluding carboxylic acids is 1. The van der Waals surface area contributed by atoms with Crippen molar-refractivity contribution in [3.63, 3.8) is 0 Å². The van der Waals surface area contributed by atoms with Gasteiger partial charge in [0.1, 0.15) is 5.82 Å². The fourth-order valence-corrected chi connectivity index (χ4v) is 3.58. The third kappa shape index (κ3) is 2.73. The Morgan fingerprint density at radius 1 is 1.32 bits per heavy atom. The van der Waals surface area contributed by atoms with Crippen molar-refractivity contribution in [1.82, 2.24) is 10.2 Å². The van der Waals surface area contributed by atoms with E-state index < -0.39 is 5.82 Å². The van der Waals surface area contributed by atoms with Crippen LogP contribution in [0.1, 0.15) is 10.4 Å². The molecule has 3 nitrogen and oxygen atoms in total. The van der Waals surface area contributed by atoms with Crippen LogP contribution in [0.2, 0.25) is 0 Å². The summed E-state index contributed by atoms with van der Waals surface area (Å²) in [6.07, 6.45) is 0. The molecule has 1 amide bonds. The lowest BCUT2D eigenvalue weighted by atomic mass is 10.0. The highest BCUT2D eigenvalue weighted by Gasteiger charge is 2.39. The molecule has 0 spiro atoms. The Morgan fingerprint density at radius 3 is 2.53 bits per heavy atom. The summed E-state index contributed by atoms with van der Waals surface area (Å²) in [7, 11) is 0. The number of hydrogen-bond donors (Lipinski definition) is 1. The zero-order valence-corrected chi connectivity index (χ0v) is 13.2. The molecule has 2 heterocycles. The van der Waals surface area contributed by atoms with Gasteiger partial charge in [0.25, 0.3) is 5.91 Å². The summed E-state index contributed by atoms with van der Waals surface area (Å²) >= 11 is 2.02. The van der Waals surface area contributed by atoms with Crippen LogP contribution in [-0.2, 0) is 0 Å². The zero-order chi connectivity index (χ0) is 12.7. The van der Waals surface area contributed by atoms with Gasteiger partial charge < -0.3 is 10.2 Å². The van der Waals surface area contributed by atoms with Crippen LogP contribution in [0.25, 0.3) is 0 Å². The highest BCUT2D eigenvalue weighted by atomic mass is 127. The first-order valence-electron chi connectivity index (χ1n) is 6.11. The largest absolute Gasteiger partial charge is 0.338 e. The van der Waals surface area contributed by atoms with Crippen molar-refractivity contribution >= 4 is 40.9 Å². The van der Waals surface area contributed by atoms with E-state index in [1.807, 2.05) is 22.6 Å². The number of halogens is 3. The minimum atomic E-state index is -0.415. The van der Waals surface area contributed by atoms with E-state index in [1.165, 1.54) is 6.07 Å². The zero-order valence-electron chi connectivity index (χ0n) is 10.2. The minimum Gasteiger partial charge on any atom is -0.338 e. The fraction of sp³-hybridized carbons (Fsp3) is 0.462. The van der Waals surface area contributed by atoms with Gasteiger partial charge in [-0.1, -0.05) is 6.07 Å². The molecule has 1 aromatic rings. The summed E-state index contributed by atoms with van der Waals surface area (Å²) in [5, 5.41) is 3.33. The second kappa shape index (κ2) is 5.93. The molecule has 1 N–H and O–H groups in total. The van der Waals surface area contributed by atoms with E-state index in [9.17, 15) is 9.18 Å². The van der Waals surface area contributed by atoms with E-state index in [0.717, 1.165) is 26.2 Å². The van der Waals surface area contributed by atoms with Crippen LogP contribution in [-0.4, -0.2) is 37.0 Å². The summed E-state index contributed by atoms with van der Waals surface area (Å²) in [5.41, 5.74) is 0.228. The number of hydrogen-bond acceptors (Lipinski definition) is 2. The van der Waals surface area contributed by atoms with Crippen LogP contribution in [0.5, 0.6) is 0 Å². The Morgan fingerprint density at radius 2 is 1.95 bits per heavy atom. The molecule has 2 saturated heterocycles. The standard InChI is InChI=1S/C13H14FIN2O.ClH/c14-10-2-1-3-11(15)12(10)13(18)17-6-8-4-16-5-9(8)7-17;/h1-3,8-9,16H,4-7H2;1H/t8-,9+;. The highest BCUT2D eigenvalue weighted by molar-refractivity contribution is 14.1. The number of likely N-dealkylation sites (tertiary alicyclic amines) is 1. The van der Waals surface area contributed by atoms with Gasteiger partial charge in [-0.05, 0) is 46.6 Å². The lowest BCUT2D eigenvalue weighted by Gasteiger charge is -2.18. The second-order valence-corrected chi connectivity index (χ2v) is 6.15. The molecule has 1 aromatic carbocycles. The molecule has 19 heavy (non-hydrogen) atoms. The van der Waals surface area contributed by atoms with Gasteiger partial charge in [-0.15, -0.1) is 12.4 Å². The number of nitrogens with zero attached hydrogens (tertiary/aromatic N) is 1. The highest BCUT2D eigenvalue weighted by Crippen LogP contribution is 2.28. The summed E-state index contributed by atoms with van der Waals surface area (Å²) in [5.74, 6) is 0.505. The molecule has 0 radical (unpaired) electrons. The Kier molecular flexibility index (Phi) is 4.68. The lowest BCUT2D eigenvalue weighted by molar-refractivity contribution is 0.0776. The maximum atomic E-state index is 13.8. The number of carbonyl (C=O) groups is 1. The molecule has 3 rings (SSSR count). The van der Waals surface area contributed by atoms with Gasteiger partial charge >= 0.3 is 0 Å². The normalized spacial score (nSPS) is 25.1. The van der Waals surface area contributed by atoms with Crippen molar-refractivity contribution in [1.29, 1.82) is 0 Å². The maximum Gasteiger partial charge on any atom is 0.257 e. The number of nitrogens with one attached hydrogen (secondary N) is 1. The molecule has 0 bridgehead atoms. The average molecular weight is 397 g/mol. The van der Waals surface area contributed by atoms with E-state index in [-0.39, 0.29) is 23.9 Å². The number of fused-ring (bicyclic) bond motifs is 1. The van der Waals surface area contributed by atoms with E-state index >= 15 is 0 Å². The molecule has 2 atom stereocenters. The van der Waals surface area contributed by atoms with Gasteiger partial charge in [-0.3, -0.25) is 4.79 Å². The van der Waals surface area contributed by atoms with Crippen molar-refractivity contribution in [2.24, 2.45) is 11.8 Å². The monoisotopic (exact) mass is 396 g/mol. The van der Waals surface area contributed by atoms with Gasteiger partial charge in [0, 0.05) is 29.7 Å². The van der Waals surface area contributed by atoms with Gasteiger partial charge in [0.05, 0.1) is 5.56 Å². The summed E-state index contributed by atoms with van der Waals surface area (Å²) < 4.78 is 14.5. The van der Waals surface area contributed by atoms with Crippen LogP contribution < -0.4 is 5.32 Å². The van der Waals surface area contributed by atoms with Crippen LogP contribution in [0.4, 0.5) is 4.39 Å². The molecule has 0 aromatic heterocycles. The van der Waals surface area contributed by atoms with Gasteiger partial charge in [0.15, 0.2) is 0 Å². The van der Waals surface area contributed by atoms with E-state index in [1.54, 1.807) is 17.0 Å². The first kappa shape index (κ1) is 15.0. The smallest absolute Gasteiger partial charge is 0.257 e. The van der Waals surface area contributed by atoms with Crippen LogP contribution >= 0.6 is 35.0 Å². The Labute approximate surface area is 131 Å². The van der Waals surface area contributed by atoms with E-state index in [0.29, 0.717) is 15.4 Å². The van der Waals surface area contributed by atoms with Crippen molar-refractivity contribution in [3.05, 3.63) is 33.1 Å². The number of rotatable bonds is 1. The predicted octanol–water partition coefficient (Wildman–Crippen LogP) is 2.14. The molecule has 0 saturated carbocycles. The molecular weight excluding hydrogens is 382 g/mol. The van der Waals surface area contributed by atoms with E-state index in [4.69, 9.17) is 0 Å². The molecule has 2 aliphatic heterocycles. The Hall–Kier alpha value is -0.400. The molecule has 6 heteroatoms. The predicted molar refractivity (Wildman–Crippen MR) is 82.1 cm³/mol. The summed E-state index contributed by atoms with van der Waals surface area (Å²) in [6, 6.07) is 4.76. The molecule has 104 valence electrons. The van der Waals surface area contributed by atoms with E-state index in [2.05, 4.69) is 5.32 Å². The number of benzene rings is 1. The molecule has 0 aliphatic carbocycles. The van der Waals surface area contributed by atoms with Crippen molar-refractivity contribution in [2.45, 2.75) is 0 Å². The summed E-state index contributed by atoms with van der Waals surface area (Å²) in [6.45, 7) is 3.45. The fourth-order valence-electron chi connectivity index (χ4n) is 2.88. The van der Waals surface area contributed by atoms with Crippen molar-refractivity contribution < 1.29 is 9.18 Å². The molecular formula is C13H15ClFIN2O. The molecule has 2 fully saturated rings. The summed E-state index contributed by atoms with van der Waals surface area (Å²) in [4.78, 5) is 14.2. The topological polar surface area (TPSA) is 32.3 Å². The first-order chi connectivity index (χ1) is 8.66. The van der Waals surface area contributed by atoms with Crippen LogP contribution in [0, 0.1) is 21.2 Å². The van der Waals surface area contributed by atoms with Crippen molar-refractivity contribution in [3.8, 4) is 0 Å². The van der Waals surface area contributed by atoms with Crippen LogP contribution in [0.3, 0.4) is 0 Å².